The maximum atomic E-state index is 13.6. The van der Waals surface area contributed by atoms with E-state index >= 15 is 0 Å². The quantitative estimate of drug-likeness (QED) is 0.916. The summed E-state index contributed by atoms with van der Waals surface area (Å²) < 4.78 is 28.6. The standard InChI is InChI=1S/C17H20F2N4.ClH/c1-22-9-7-21-17(22)16-12-20-6-10-23(16)8-2-3-13-4-5-14(18)11-15(13)19;/h2-5,7,9,11,16,20H,6,8,10,12H2,1H3;1H/b3-2+;. The summed E-state index contributed by atoms with van der Waals surface area (Å²) in [6, 6.07) is 3.81. The number of piperazine rings is 1. The number of hydrogen-bond acceptors (Lipinski definition) is 3. The lowest BCUT2D eigenvalue weighted by atomic mass is 10.1. The molecule has 1 N–H and O–H groups in total. The van der Waals surface area contributed by atoms with Crippen LogP contribution >= 0.6 is 12.4 Å². The Morgan fingerprint density at radius 1 is 1.38 bits per heavy atom. The van der Waals surface area contributed by atoms with Crippen molar-refractivity contribution in [2.45, 2.75) is 6.04 Å². The summed E-state index contributed by atoms with van der Waals surface area (Å²) in [5, 5.41) is 3.38. The van der Waals surface area contributed by atoms with Crippen LogP contribution in [0.1, 0.15) is 17.4 Å². The molecular weight excluding hydrogens is 334 g/mol. The van der Waals surface area contributed by atoms with Crippen molar-refractivity contribution >= 4 is 18.5 Å². The predicted molar refractivity (Wildman–Crippen MR) is 93.0 cm³/mol. The molecule has 0 saturated carbocycles. The van der Waals surface area contributed by atoms with Gasteiger partial charge in [0.25, 0.3) is 0 Å². The Morgan fingerprint density at radius 3 is 2.92 bits per heavy atom. The van der Waals surface area contributed by atoms with Crippen LogP contribution in [0.4, 0.5) is 8.78 Å². The first-order valence-corrected chi connectivity index (χ1v) is 7.69. The fourth-order valence-electron chi connectivity index (χ4n) is 2.87. The van der Waals surface area contributed by atoms with Gasteiger partial charge in [0.05, 0.1) is 6.04 Å². The third-order valence-electron chi connectivity index (χ3n) is 4.11. The van der Waals surface area contributed by atoms with Crippen LogP contribution in [0.15, 0.2) is 36.7 Å². The highest BCUT2D eigenvalue weighted by Gasteiger charge is 2.25. The average molecular weight is 355 g/mol. The second-order valence-corrected chi connectivity index (χ2v) is 5.68. The summed E-state index contributed by atoms with van der Waals surface area (Å²) in [5.41, 5.74) is 0.398. The average Bonchev–Trinajstić information content (AvgIpc) is 2.96. The normalized spacial score (nSPS) is 18.7. The van der Waals surface area contributed by atoms with Crippen molar-refractivity contribution in [3.63, 3.8) is 0 Å². The predicted octanol–water partition coefficient (Wildman–Crippen LogP) is 2.78. The van der Waals surface area contributed by atoms with Gasteiger partial charge in [-0.1, -0.05) is 12.2 Å². The number of nitrogens with zero attached hydrogens (tertiary/aromatic N) is 3. The molecule has 1 saturated heterocycles. The van der Waals surface area contributed by atoms with Gasteiger partial charge in [-0.15, -0.1) is 12.4 Å². The van der Waals surface area contributed by atoms with Gasteiger partial charge in [-0.3, -0.25) is 4.90 Å². The minimum Gasteiger partial charge on any atom is -0.337 e. The van der Waals surface area contributed by atoms with Gasteiger partial charge in [-0.2, -0.15) is 0 Å². The zero-order chi connectivity index (χ0) is 16.2. The fraction of sp³-hybridized carbons (Fsp3) is 0.353. The molecule has 130 valence electrons. The van der Waals surface area contributed by atoms with Crippen LogP contribution in [0, 0.1) is 11.6 Å². The highest BCUT2D eigenvalue weighted by molar-refractivity contribution is 5.85. The van der Waals surface area contributed by atoms with Gasteiger partial charge < -0.3 is 9.88 Å². The topological polar surface area (TPSA) is 33.1 Å². The van der Waals surface area contributed by atoms with Crippen LogP contribution in [0.25, 0.3) is 6.08 Å². The Labute approximate surface area is 146 Å². The van der Waals surface area contributed by atoms with E-state index in [0.29, 0.717) is 12.1 Å². The van der Waals surface area contributed by atoms with E-state index in [9.17, 15) is 8.78 Å². The van der Waals surface area contributed by atoms with E-state index in [-0.39, 0.29) is 18.4 Å². The maximum absolute atomic E-state index is 13.6. The molecule has 1 aromatic carbocycles. The van der Waals surface area contributed by atoms with Crippen LogP contribution in [-0.2, 0) is 7.05 Å². The molecule has 3 rings (SSSR count). The second-order valence-electron chi connectivity index (χ2n) is 5.68. The van der Waals surface area contributed by atoms with Gasteiger partial charge >= 0.3 is 0 Å². The molecule has 0 spiro atoms. The number of halogens is 3. The second kappa shape index (κ2) is 8.37. The van der Waals surface area contributed by atoms with Gasteiger partial charge in [0.15, 0.2) is 0 Å². The number of imidazole rings is 1. The first-order valence-electron chi connectivity index (χ1n) is 7.69. The summed E-state index contributed by atoms with van der Waals surface area (Å²) in [4.78, 5) is 6.74. The molecule has 4 nitrogen and oxygen atoms in total. The highest BCUT2D eigenvalue weighted by Crippen LogP contribution is 2.20. The summed E-state index contributed by atoms with van der Waals surface area (Å²) in [6.07, 6.45) is 7.35. The van der Waals surface area contributed by atoms with Crippen molar-refractivity contribution < 1.29 is 8.78 Å². The Kier molecular flexibility index (Phi) is 6.48. The SMILES string of the molecule is Cl.Cn1ccnc1C1CNCCN1C/C=C/c1ccc(F)cc1F. The summed E-state index contributed by atoms with van der Waals surface area (Å²) in [7, 11) is 1.98. The molecule has 1 unspecified atom stereocenters. The minimum atomic E-state index is -0.559. The third-order valence-corrected chi connectivity index (χ3v) is 4.11. The van der Waals surface area contributed by atoms with E-state index in [1.165, 1.54) is 12.1 Å². The van der Waals surface area contributed by atoms with Crippen molar-refractivity contribution in [1.29, 1.82) is 0 Å². The smallest absolute Gasteiger partial charge is 0.133 e. The van der Waals surface area contributed by atoms with Gasteiger partial charge in [-0.05, 0) is 12.1 Å². The van der Waals surface area contributed by atoms with E-state index in [2.05, 4.69) is 15.2 Å². The molecule has 2 heterocycles. The lowest BCUT2D eigenvalue weighted by Gasteiger charge is -2.34. The molecule has 2 aromatic rings. The summed E-state index contributed by atoms with van der Waals surface area (Å²) >= 11 is 0. The van der Waals surface area contributed by atoms with E-state index in [1.54, 1.807) is 12.3 Å². The van der Waals surface area contributed by atoms with Gasteiger partial charge in [0, 0.05) is 57.3 Å². The van der Waals surface area contributed by atoms with Gasteiger partial charge in [0.2, 0.25) is 0 Å². The molecule has 1 atom stereocenters. The van der Waals surface area contributed by atoms with Crippen LogP contribution < -0.4 is 5.32 Å². The van der Waals surface area contributed by atoms with E-state index in [1.807, 2.05) is 23.9 Å². The zero-order valence-corrected chi connectivity index (χ0v) is 14.3. The number of aryl methyl sites for hydroxylation is 1. The third kappa shape index (κ3) is 4.20. The first kappa shape index (κ1) is 18.6. The van der Waals surface area contributed by atoms with Crippen molar-refractivity contribution in [2.75, 3.05) is 26.2 Å². The molecular formula is C17H21ClF2N4. The Hall–Kier alpha value is -1.76. The Balaban J connectivity index is 0.00000208. The van der Waals surface area contributed by atoms with E-state index in [0.717, 1.165) is 31.5 Å². The summed E-state index contributed by atoms with van der Waals surface area (Å²) in [5.74, 6) is -0.0858. The van der Waals surface area contributed by atoms with Crippen LogP contribution in [0.3, 0.4) is 0 Å². The molecule has 24 heavy (non-hydrogen) atoms. The minimum absolute atomic E-state index is 0. The molecule has 0 aliphatic carbocycles. The molecule has 0 amide bonds. The molecule has 0 bridgehead atoms. The van der Waals surface area contributed by atoms with E-state index < -0.39 is 11.6 Å². The molecule has 1 fully saturated rings. The number of rotatable bonds is 4. The van der Waals surface area contributed by atoms with Crippen molar-refractivity contribution in [3.05, 3.63) is 59.7 Å². The monoisotopic (exact) mass is 354 g/mol. The van der Waals surface area contributed by atoms with E-state index in [4.69, 9.17) is 0 Å². The summed E-state index contributed by atoms with van der Waals surface area (Å²) in [6.45, 7) is 3.34. The molecule has 1 aromatic heterocycles. The largest absolute Gasteiger partial charge is 0.337 e. The zero-order valence-electron chi connectivity index (χ0n) is 13.5. The molecule has 1 aliphatic heterocycles. The van der Waals surface area contributed by atoms with Gasteiger partial charge in [0.1, 0.15) is 17.5 Å². The van der Waals surface area contributed by atoms with Crippen molar-refractivity contribution in [3.8, 4) is 0 Å². The Morgan fingerprint density at radius 2 is 2.21 bits per heavy atom. The van der Waals surface area contributed by atoms with Crippen LogP contribution in [0.5, 0.6) is 0 Å². The number of nitrogens with one attached hydrogen (secondary N) is 1. The maximum Gasteiger partial charge on any atom is 0.133 e. The molecule has 0 radical (unpaired) electrons. The van der Waals surface area contributed by atoms with Crippen LogP contribution in [-0.4, -0.2) is 40.6 Å². The Bertz CT molecular complexity index is 702. The fourth-order valence-corrected chi connectivity index (χ4v) is 2.87. The number of benzene rings is 1. The molecule has 7 heteroatoms. The molecule has 1 aliphatic rings. The lowest BCUT2D eigenvalue weighted by Crippen LogP contribution is -2.46. The highest BCUT2D eigenvalue weighted by atomic mass is 35.5. The van der Waals surface area contributed by atoms with Crippen LogP contribution in [0.2, 0.25) is 0 Å². The lowest BCUT2D eigenvalue weighted by molar-refractivity contribution is 0.170. The van der Waals surface area contributed by atoms with Gasteiger partial charge in [-0.25, -0.2) is 13.8 Å². The first-order chi connectivity index (χ1) is 11.1. The number of hydrogen-bond donors (Lipinski definition) is 1. The van der Waals surface area contributed by atoms with Crippen molar-refractivity contribution in [2.24, 2.45) is 7.05 Å². The van der Waals surface area contributed by atoms with Crippen molar-refractivity contribution in [1.82, 2.24) is 19.8 Å². The number of aromatic nitrogens is 2.